The fourth-order valence-corrected chi connectivity index (χ4v) is 3.10. The summed E-state index contributed by atoms with van der Waals surface area (Å²) in [5.74, 6) is -1.03. The zero-order chi connectivity index (χ0) is 15.4. The topological polar surface area (TPSA) is 81.4 Å². The number of carboxylic acids is 1. The summed E-state index contributed by atoms with van der Waals surface area (Å²) >= 11 is 1.10. The first-order valence-corrected chi connectivity index (χ1v) is 7.79. The number of hydrogen-bond acceptors (Lipinski definition) is 4. The fourth-order valence-electron chi connectivity index (χ4n) is 2.30. The molecule has 0 aliphatic heterocycles. The number of rotatable bonds is 5. The highest BCUT2D eigenvalue weighted by molar-refractivity contribution is 8.01. The Morgan fingerprint density at radius 1 is 1.35 bits per heavy atom. The Morgan fingerprint density at radius 2 is 1.90 bits per heavy atom. The van der Waals surface area contributed by atoms with Crippen LogP contribution < -0.4 is 0 Å². The molecule has 20 heavy (non-hydrogen) atoms. The lowest BCUT2D eigenvalue weighted by molar-refractivity contribution is -0.138. The first-order valence-electron chi connectivity index (χ1n) is 6.80. The van der Waals surface area contributed by atoms with E-state index in [0.29, 0.717) is 12.8 Å². The number of thioether (sulfide) groups is 1. The smallest absolute Gasteiger partial charge is 0.319 e. The highest BCUT2D eigenvalue weighted by Gasteiger charge is 2.39. The standard InChI is InChI=1S/C14H22N2O3S/c1-13(2,12(18)19)20-9-11(17)16(3)14(10-15)7-5-4-6-8-14/h4-9H2,1-3H3,(H,18,19). The second-order valence-electron chi connectivity index (χ2n) is 5.76. The lowest BCUT2D eigenvalue weighted by Crippen LogP contribution is -2.50. The molecule has 1 N–H and O–H groups in total. The molecule has 0 aromatic heterocycles. The van der Waals surface area contributed by atoms with E-state index in [0.717, 1.165) is 31.0 Å². The van der Waals surface area contributed by atoms with Crippen LogP contribution in [0, 0.1) is 11.3 Å². The summed E-state index contributed by atoms with van der Waals surface area (Å²) in [6.45, 7) is 3.15. The number of hydrogen-bond donors (Lipinski definition) is 1. The molecular weight excluding hydrogens is 276 g/mol. The number of carbonyl (C=O) groups is 2. The average Bonchev–Trinajstić information content (AvgIpc) is 2.44. The SMILES string of the molecule is CN(C(=O)CSC(C)(C)C(=O)O)C1(C#N)CCCCC1. The predicted molar refractivity (Wildman–Crippen MR) is 78.4 cm³/mol. The van der Waals surface area contributed by atoms with E-state index in [1.165, 1.54) is 4.90 Å². The van der Waals surface area contributed by atoms with Gasteiger partial charge in [0.2, 0.25) is 5.91 Å². The normalized spacial score (nSPS) is 18.1. The molecule has 0 aromatic rings. The lowest BCUT2D eigenvalue weighted by Gasteiger charge is -2.39. The van der Waals surface area contributed by atoms with Crippen molar-refractivity contribution >= 4 is 23.6 Å². The van der Waals surface area contributed by atoms with Crippen LogP contribution in [0.1, 0.15) is 46.0 Å². The van der Waals surface area contributed by atoms with Crippen molar-refractivity contribution in [2.24, 2.45) is 0 Å². The molecule has 0 saturated heterocycles. The van der Waals surface area contributed by atoms with Crippen LogP contribution in [0.3, 0.4) is 0 Å². The molecule has 0 bridgehead atoms. The molecule has 1 amide bonds. The van der Waals surface area contributed by atoms with Crippen LogP contribution in [0.25, 0.3) is 0 Å². The highest BCUT2D eigenvalue weighted by Crippen LogP contribution is 2.33. The molecule has 1 rings (SSSR count). The maximum atomic E-state index is 12.2. The van der Waals surface area contributed by atoms with Crippen LogP contribution in [0.2, 0.25) is 0 Å². The van der Waals surface area contributed by atoms with Gasteiger partial charge in [0.15, 0.2) is 0 Å². The largest absolute Gasteiger partial charge is 0.480 e. The zero-order valence-corrected chi connectivity index (χ0v) is 13.1. The Bertz CT molecular complexity index is 423. The van der Waals surface area contributed by atoms with Gasteiger partial charge >= 0.3 is 5.97 Å². The molecular formula is C14H22N2O3S. The fraction of sp³-hybridized carbons (Fsp3) is 0.786. The number of carbonyl (C=O) groups excluding carboxylic acids is 1. The van der Waals surface area contributed by atoms with E-state index in [9.17, 15) is 14.9 Å². The molecule has 1 aliphatic carbocycles. The monoisotopic (exact) mass is 298 g/mol. The van der Waals surface area contributed by atoms with Gasteiger partial charge < -0.3 is 10.0 Å². The Kier molecular flexibility index (Phi) is 5.46. The van der Waals surface area contributed by atoms with Crippen molar-refractivity contribution < 1.29 is 14.7 Å². The van der Waals surface area contributed by atoms with E-state index in [1.807, 2.05) is 0 Å². The summed E-state index contributed by atoms with van der Waals surface area (Å²) in [5, 5.41) is 18.5. The van der Waals surface area contributed by atoms with Gasteiger partial charge in [-0.25, -0.2) is 0 Å². The maximum Gasteiger partial charge on any atom is 0.319 e. The molecule has 0 unspecified atom stereocenters. The summed E-state index contributed by atoms with van der Waals surface area (Å²) in [4.78, 5) is 24.8. The first kappa shape index (κ1) is 16.8. The third kappa shape index (κ3) is 3.66. The Labute approximate surface area is 124 Å². The van der Waals surface area contributed by atoms with Gasteiger partial charge in [-0.2, -0.15) is 5.26 Å². The van der Waals surface area contributed by atoms with Crippen LogP contribution in [-0.2, 0) is 9.59 Å². The number of carboxylic acid groups (broad SMARTS) is 1. The van der Waals surface area contributed by atoms with Crippen molar-refractivity contribution in [3.8, 4) is 6.07 Å². The third-order valence-corrected chi connectivity index (χ3v) is 5.26. The molecule has 0 atom stereocenters. The summed E-state index contributed by atoms with van der Waals surface area (Å²) in [6.07, 6.45) is 4.43. The molecule has 5 nitrogen and oxygen atoms in total. The van der Waals surface area contributed by atoms with Crippen molar-refractivity contribution in [1.82, 2.24) is 4.90 Å². The second-order valence-corrected chi connectivity index (χ2v) is 7.36. The predicted octanol–water partition coefficient (Wildman–Crippen LogP) is 2.27. The van der Waals surface area contributed by atoms with Crippen LogP contribution in [0.4, 0.5) is 0 Å². The first-order chi connectivity index (χ1) is 9.25. The van der Waals surface area contributed by atoms with Crippen LogP contribution in [-0.4, -0.2) is 45.0 Å². The van der Waals surface area contributed by atoms with E-state index in [4.69, 9.17) is 5.11 Å². The van der Waals surface area contributed by atoms with Gasteiger partial charge in [-0.05, 0) is 26.7 Å². The highest BCUT2D eigenvalue weighted by atomic mass is 32.2. The minimum Gasteiger partial charge on any atom is -0.480 e. The Morgan fingerprint density at radius 3 is 2.35 bits per heavy atom. The van der Waals surface area contributed by atoms with Gasteiger partial charge in [-0.15, -0.1) is 11.8 Å². The molecule has 1 aliphatic rings. The van der Waals surface area contributed by atoms with Gasteiger partial charge in [0.1, 0.15) is 10.3 Å². The third-order valence-electron chi connectivity index (χ3n) is 3.98. The molecule has 0 spiro atoms. The quantitative estimate of drug-likeness (QED) is 0.842. The van der Waals surface area contributed by atoms with E-state index >= 15 is 0 Å². The van der Waals surface area contributed by atoms with Gasteiger partial charge in [-0.3, -0.25) is 9.59 Å². The van der Waals surface area contributed by atoms with Crippen LogP contribution >= 0.6 is 11.8 Å². The molecule has 0 radical (unpaired) electrons. The zero-order valence-electron chi connectivity index (χ0n) is 12.3. The number of aliphatic carboxylic acids is 1. The summed E-state index contributed by atoms with van der Waals surface area (Å²) in [5.41, 5.74) is -0.705. The Hall–Kier alpha value is -1.22. The number of nitriles is 1. The average molecular weight is 298 g/mol. The van der Waals surface area contributed by atoms with Crippen molar-refractivity contribution in [2.45, 2.75) is 56.2 Å². The van der Waals surface area contributed by atoms with E-state index < -0.39 is 16.3 Å². The molecule has 0 aromatic carbocycles. The van der Waals surface area contributed by atoms with Gasteiger partial charge in [0.25, 0.3) is 0 Å². The minimum absolute atomic E-state index is 0.0826. The van der Waals surface area contributed by atoms with Crippen LogP contribution in [0.15, 0.2) is 0 Å². The Balaban J connectivity index is 2.67. The molecule has 0 heterocycles. The van der Waals surface area contributed by atoms with Crippen molar-refractivity contribution in [3.05, 3.63) is 0 Å². The summed E-state index contributed by atoms with van der Waals surface area (Å²) < 4.78 is -0.997. The van der Waals surface area contributed by atoms with Crippen LogP contribution in [0.5, 0.6) is 0 Å². The molecule has 1 fully saturated rings. The van der Waals surface area contributed by atoms with Gasteiger partial charge in [0.05, 0.1) is 11.8 Å². The lowest BCUT2D eigenvalue weighted by atomic mass is 9.81. The van der Waals surface area contributed by atoms with E-state index in [2.05, 4.69) is 6.07 Å². The second kappa shape index (κ2) is 6.49. The van der Waals surface area contributed by atoms with Crippen molar-refractivity contribution in [1.29, 1.82) is 5.26 Å². The molecule has 112 valence electrons. The molecule has 1 saturated carbocycles. The maximum absolute atomic E-state index is 12.2. The van der Waals surface area contributed by atoms with Gasteiger partial charge in [-0.1, -0.05) is 19.3 Å². The number of nitrogens with zero attached hydrogens (tertiary/aromatic N) is 2. The summed E-state index contributed by atoms with van der Waals surface area (Å²) in [7, 11) is 1.66. The van der Waals surface area contributed by atoms with Gasteiger partial charge in [0, 0.05) is 7.05 Å². The van der Waals surface area contributed by atoms with Crippen molar-refractivity contribution in [3.63, 3.8) is 0 Å². The van der Waals surface area contributed by atoms with E-state index in [-0.39, 0.29) is 11.7 Å². The molecule has 6 heteroatoms. The summed E-state index contributed by atoms with van der Waals surface area (Å²) in [6, 6.07) is 2.30. The minimum atomic E-state index is -0.997. The van der Waals surface area contributed by atoms with E-state index in [1.54, 1.807) is 20.9 Å². The number of amides is 1. The van der Waals surface area contributed by atoms with Crippen molar-refractivity contribution in [2.75, 3.05) is 12.8 Å².